The van der Waals surface area contributed by atoms with Crippen molar-refractivity contribution in [2.45, 2.75) is 18.9 Å². The smallest absolute Gasteiger partial charge is 0.256 e. The second-order valence-electron chi connectivity index (χ2n) is 8.34. The molecule has 192 valence electrons. The van der Waals surface area contributed by atoms with Crippen molar-refractivity contribution in [2.75, 3.05) is 31.0 Å². The van der Waals surface area contributed by atoms with Crippen LogP contribution in [0.1, 0.15) is 12.0 Å². The number of nitrogens with zero attached hydrogens (tertiary/aromatic N) is 2. The van der Waals surface area contributed by atoms with Crippen LogP contribution in [0.25, 0.3) is 0 Å². The van der Waals surface area contributed by atoms with Crippen LogP contribution >= 0.6 is 46.4 Å². The SMILES string of the molecule is COc1ccc(CCN2C(=S)N(c3ccc(Cl)cc3)C(=O)C2CC(=O)Nc2ccc(I)cc2)cc1OC. The highest BCUT2D eigenvalue weighted by Gasteiger charge is 2.43. The first-order valence-corrected chi connectivity index (χ1v) is 13.3. The monoisotopic (exact) mass is 649 g/mol. The first-order chi connectivity index (χ1) is 17.8. The van der Waals surface area contributed by atoms with Gasteiger partial charge in [-0.3, -0.25) is 14.5 Å². The fourth-order valence-electron chi connectivity index (χ4n) is 4.12. The van der Waals surface area contributed by atoms with Gasteiger partial charge in [0.2, 0.25) is 5.91 Å². The van der Waals surface area contributed by atoms with E-state index in [-0.39, 0.29) is 18.2 Å². The Morgan fingerprint density at radius 1 is 1.03 bits per heavy atom. The second-order valence-corrected chi connectivity index (χ2v) is 10.4. The highest BCUT2D eigenvalue weighted by atomic mass is 127. The fourth-order valence-corrected chi connectivity index (χ4v) is 5.02. The minimum atomic E-state index is -0.743. The lowest BCUT2D eigenvalue weighted by molar-refractivity contribution is -0.124. The molecule has 1 fully saturated rings. The zero-order chi connectivity index (χ0) is 26.5. The van der Waals surface area contributed by atoms with Gasteiger partial charge < -0.3 is 19.7 Å². The molecule has 3 aromatic carbocycles. The van der Waals surface area contributed by atoms with E-state index < -0.39 is 6.04 Å². The Kier molecular flexibility index (Phi) is 8.88. The number of halogens is 2. The Morgan fingerprint density at radius 2 is 1.70 bits per heavy atom. The highest BCUT2D eigenvalue weighted by molar-refractivity contribution is 14.1. The second kappa shape index (κ2) is 12.1. The summed E-state index contributed by atoms with van der Waals surface area (Å²) in [5, 5.41) is 3.79. The van der Waals surface area contributed by atoms with Crippen molar-refractivity contribution in [1.82, 2.24) is 4.90 Å². The quantitative estimate of drug-likeness (QED) is 0.243. The standard InChI is InChI=1S/C27H25ClIN3O4S/c1-35-23-12-3-17(15-24(23)36-2)13-14-31-22(16-25(33)30-20-8-6-19(29)7-9-20)26(34)32(27(31)37)21-10-4-18(28)5-11-21/h3-12,15,22H,13-14,16H2,1-2H3,(H,30,33). The average molecular weight is 650 g/mol. The van der Waals surface area contributed by atoms with Crippen LogP contribution in [0.15, 0.2) is 66.7 Å². The Labute approximate surface area is 239 Å². The molecule has 2 amide bonds. The van der Waals surface area contributed by atoms with Crippen molar-refractivity contribution < 1.29 is 19.1 Å². The van der Waals surface area contributed by atoms with E-state index in [9.17, 15) is 9.59 Å². The Bertz CT molecular complexity index is 1300. The number of ether oxygens (including phenoxy) is 2. The molecule has 0 radical (unpaired) electrons. The summed E-state index contributed by atoms with van der Waals surface area (Å²) in [6.45, 7) is 0.436. The molecule has 0 spiro atoms. The topological polar surface area (TPSA) is 71.1 Å². The van der Waals surface area contributed by atoms with Gasteiger partial charge in [0.25, 0.3) is 5.91 Å². The van der Waals surface area contributed by atoms with Crippen LogP contribution in [0.3, 0.4) is 0 Å². The molecular formula is C27H25ClIN3O4S. The lowest BCUT2D eigenvalue weighted by atomic mass is 10.1. The number of nitrogens with one attached hydrogen (secondary N) is 1. The Hall–Kier alpha value is -2.89. The Morgan fingerprint density at radius 3 is 2.35 bits per heavy atom. The minimum Gasteiger partial charge on any atom is -0.493 e. The van der Waals surface area contributed by atoms with Crippen molar-refractivity contribution in [3.8, 4) is 11.5 Å². The van der Waals surface area contributed by atoms with Gasteiger partial charge in [-0.1, -0.05) is 17.7 Å². The normalized spacial score (nSPS) is 15.2. The number of thiocarbonyl (C=S) groups is 1. The van der Waals surface area contributed by atoms with Gasteiger partial charge in [-0.25, -0.2) is 0 Å². The number of carbonyl (C=O) groups is 2. The number of methoxy groups -OCH3 is 2. The van der Waals surface area contributed by atoms with Crippen LogP contribution in [-0.4, -0.2) is 48.6 Å². The summed E-state index contributed by atoms with van der Waals surface area (Å²) in [7, 11) is 3.17. The van der Waals surface area contributed by atoms with Crippen molar-refractivity contribution in [1.29, 1.82) is 0 Å². The number of hydrogen-bond acceptors (Lipinski definition) is 5. The van der Waals surface area contributed by atoms with Gasteiger partial charge in [0.15, 0.2) is 16.6 Å². The lowest BCUT2D eigenvalue weighted by Crippen LogP contribution is -2.39. The predicted octanol–water partition coefficient (Wildman–Crippen LogP) is 5.54. The molecular weight excluding hydrogens is 625 g/mol. The molecule has 0 saturated carbocycles. The number of carbonyl (C=O) groups excluding carboxylic acids is 2. The summed E-state index contributed by atoms with van der Waals surface area (Å²) in [4.78, 5) is 29.8. The van der Waals surface area contributed by atoms with E-state index in [0.717, 1.165) is 9.13 Å². The van der Waals surface area contributed by atoms with E-state index in [1.54, 1.807) is 38.5 Å². The summed E-state index contributed by atoms with van der Waals surface area (Å²) in [5.74, 6) is 0.738. The Balaban J connectivity index is 1.56. The van der Waals surface area contributed by atoms with Crippen LogP contribution < -0.4 is 19.7 Å². The molecule has 0 aromatic heterocycles. The molecule has 1 unspecified atom stereocenters. The predicted molar refractivity (Wildman–Crippen MR) is 158 cm³/mol. The third kappa shape index (κ3) is 6.34. The molecule has 1 atom stereocenters. The van der Waals surface area contributed by atoms with Gasteiger partial charge >= 0.3 is 0 Å². The summed E-state index contributed by atoms with van der Waals surface area (Å²) in [6.07, 6.45) is 0.540. The minimum absolute atomic E-state index is 0.0407. The van der Waals surface area contributed by atoms with Crippen molar-refractivity contribution >= 4 is 74.7 Å². The lowest BCUT2D eigenvalue weighted by Gasteiger charge is -2.24. The summed E-state index contributed by atoms with van der Waals surface area (Å²) < 4.78 is 11.8. The molecule has 1 N–H and O–H groups in total. The number of rotatable bonds is 9. The van der Waals surface area contributed by atoms with Gasteiger partial charge in [-0.05, 0) is 107 Å². The molecule has 4 rings (SSSR count). The molecule has 1 saturated heterocycles. The molecule has 10 heteroatoms. The zero-order valence-corrected chi connectivity index (χ0v) is 24.0. The largest absolute Gasteiger partial charge is 0.493 e. The maximum atomic E-state index is 13.6. The van der Waals surface area contributed by atoms with Gasteiger partial charge in [-0.2, -0.15) is 0 Å². The summed E-state index contributed by atoms with van der Waals surface area (Å²) >= 11 is 14.0. The summed E-state index contributed by atoms with van der Waals surface area (Å²) in [5.41, 5.74) is 2.26. The van der Waals surface area contributed by atoms with Crippen LogP contribution in [0.4, 0.5) is 11.4 Å². The first kappa shape index (κ1) is 27.2. The van der Waals surface area contributed by atoms with Crippen molar-refractivity contribution in [3.05, 3.63) is 80.9 Å². The van der Waals surface area contributed by atoms with Crippen LogP contribution in [-0.2, 0) is 16.0 Å². The van der Waals surface area contributed by atoms with Crippen molar-refractivity contribution in [2.24, 2.45) is 0 Å². The molecule has 0 bridgehead atoms. The highest BCUT2D eigenvalue weighted by Crippen LogP contribution is 2.31. The van der Waals surface area contributed by atoms with E-state index in [1.807, 2.05) is 47.4 Å². The maximum Gasteiger partial charge on any atom is 0.256 e. The molecule has 3 aromatic rings. The average Bonchev–Trinajstić information content (AvgIpc) is 3.12. The van der Waals surface area contributed by atoms with E-state index >= 15 is 0 Å². The van der Waals surface area contributed by atoms with Gasteiger partial charge in [0, 0.05) is 20.8 Å². The van der Waals surface area contributed by atoms with Crippen molar-refractivity contribution in [3.63, 3.8) is 0 Å². The van der Waals surface area contributed by atoms with E-state index in [0.29, 0.717) is 46.0 Å². The van der Waals surface area contributed by atoms with Crippen LogP contribution in [0, 0.1) is 3.57 Å². The van der Waals surface area contributed by atoms with E-state index in [1.165, 1.54) is 4.90 Å². The molecule has 1 heterocycles. The number of amides is 2. The molecule has 1 aliphatic rings. The van der Waals surface area contributed by atoms with Gasteiger partial charge in [0.05, 0.1) is 26.3 Å². The zero-order valence-electron chi connectivity index (χ0n) is 20.2. The number of hydrogen-bond donors (Lipinski definition) is 1. The van der Waals surface area contributed by atoms with E-state index in [4.69, 9.17) is 33.3 Å². The molecule has 0 aliphatic carbocycles. The molecule has 1 aliphatic heterocycles. The summed E-state index contributed by atoms with van der Waals surface area (Å²) in [6, 6.07) is 19.3. The molecule has 37 heavy (non-hydrogen) atoms. The first-order valence-electron chi connectivity index (χ1n) is 11.5. The fraction of sp³-hybridized carbons (Fsp3) is 0.222. The van der Waals surface area contributed by atoms with Crippen LogP contribution in [0.2, 0.25) is 5.02 Å². The van der Waals surface area contributed by atoms with Gasteiger partial charge in [0.1, 0.15) is 6.04 Å². The van der Waals surface area contributed by atoms with E-state index in [2.05, 4.69) is 27.9 Å². The number of anilines is 2. The third-order valence-corrected chi connectivity index (χ3v) is 7.39. The molecule has 7 nitrogen and oxygen atoms in total. The number of benzene rings is 3. The maximum absolute atomic E-state index is 13.6. The van der Waals surface area contributed by atoms with Crippen LogP contribution in [0.5, 0.6) is 11.5 Å². The van der Waals surface area contributed by atoms with Gasteiger partial charge in [-0.15, -0.1) is 0 Å². The third-order valence-electron chi connectivity index (χ3n) is 6.00.